The molecule has 0 saturated heterocycles. The van der Waals surface area contributed by atoms with Crippen LogP contribution in [0.5, 0.6) is 0 Å². The van der Waals surface area contributed by atoms with Gasteiger partial charge in [0.25, 0.3) is 0 Å². The quantitative estimate of drug-likeness (QED) is 0.429. The van der Waals surface area contributed by atoms with E-state index in [9.17, 15) is 14.7 Å². The lowest BCUT2D eigenvalue weighted by molar-refractivity contribution is -0.138. The molecule has 1 aromatic heterocycles. The van der Waals surface area contributed by atoms with Gasteiger partial charge in [-0.2, -0.15) is 5.10 Å². The van der Waals surface area contributed by atoms with E-state index < -0.39 is 6.09 Å². The van der Waals surface area contributed by atoms with Crippen molar-refractivity contribution >= 4 is 12.0 Å². The lowest BCUT2D eigenvalue weighted by Crippen LogP contribution is -2.46. The Bertz CT molecular complexity index is 908. The van der Waals surface area contributed by atoms with Gasteiger partial charge < -0.3 is 15.3 Å². The van der Waals surface area contributed by atoms with E-state index in [4.69, 9.17) is 0 Å². The summed E-state index contributed by atoms with van der Waals surface area (Å²) in [5, 5.41) is 19.3. The first-order valence-electron chi connectivity index (χ1n) is 13.3. The summed E-state index contributed by atoms with van der Waals surface area (Å²) in [6.45, 7) is 0. The van der Waals surface area contributed by atoms with Crippen molar-refractivity contribution in [3.63, 3.8) is 0 Å². The van der Waals surface area contributed by atoms with Gasteiger partial charge in [-0.15, -0.1) is 0 Å². The molecule has 1 unspecified atom stereocenters. The minimum atomic E-state index is -0.999. The number of carboxylic acid groups (broad SMARTS) is 1. The first-order chi connectivity index (χ1) is 17.1. The highest BCUT2D eigenvalue weighted by Gasteiger charge is 2.35. The van der Waals surface area contributed by atoms with Crippen molar-refractivity contribution < 1.29 is 14.7 Å². The van der Waals surface area contributed by atoms with Crippen LogP contribution in [0, 0.1) is 5.92 Å². The van der Waals surface area contributed by atoms with Crippen molar-refractivity contribution in [1.82, 2.24) is 25.4 Å². The van der Waals surface area contributed by atoms with Gasteiger partial charge in [0.05, 0.1) is 6.04 Å². The zero-order valence-corrected chi connectivity index (χ0v) is 20.6. The SMILES string of the molecule is O=C(O)N[C@@H](CCC(=O)N(C1CCCCC1)C(Cc1ccccc1)c1ncn[nH]1)C1CCCCC1. The second kappa shape index (κ2) is 12.7. The summed E-state index contributed by atoms with van der Waals surface area (Å²) in [6, 6.07) is 9.97. The topological polar surface area (TPSA) is 111 Å². The summed E-state index contributed by atoms with van der Waals surface area (Å²) in [6.07, 6.45) is 13.0. The average molecular weight is 482 g/mol. The molecule has 2 aliphatic carbocycles. The number of carbonyl (C=O) groups is 2. The van der Waals surface area contributed by atoms with Crippen LogP contribution in [-0.4, -0.2) is 49.3 Å². The van der Waals surface area contributed by atoms with Crippen molar-refractivity contribution in [1.29, 1.82) is 0 Å². The van der Waals surface area contributed by atoms with Gasteiger partial charge in [0.1, 0.15) is 12.2 Å². The normalized spacial score (nSPS) is 19.1. The third kappa shape index (κ3) is 7.05. The number of benzene rings is 1. The lowest BCUT2D eigenvalue weighted by Gasteiger charge is -2.40. The lowest BCUT2D eigenvalue weighted by atomic mass is 9.82. The molecule has 35 heavy (non-hydrogen) atoms. The first kappa shape index (κ1) is 25.2. The van der Waals surface area contributed by atoms with E-state index in [2.05, 4.69) is 37.5 Å². The summed E-state index contributed by atoms with van der Waals surface area (Å²) in [4.78, 5) is 32.0. The number of amides is 2. The van der Waals surface area contributed by atoms with Crippen LogP contribution in [0.25, 0.3) is 0 Å². The van der Waals surface area contributed by atoms with E-state index in [1.54, 1.807) is 0 Å². The summed E-state index contributed by atoms with van der Waals surface area (Å²) in [5.41, 5.74) is 1.15. The van der Waals surface area contributed by atoms with E-state index in [0.717, 1.165) is 56.9 Å². The monoisotopic (exact) mass is 481 g/mol. The summed E-state index contributed by atoms with van der Waals surface area (Å²) in [5.74, 6) is 1.10. The molecule has 190 valence electrons. The van der Waals surface area contributed by atoms with Gasteiger partial charge in [0.15, 0.2) is 0 Å². The standard InChI is InChI=1S/C27H39N5O3/c33-25(17-16-23(30-27(34)35)21-12-6-2-7-13-21)32(22-14-8-3-9-15-22)24(26-28-19-29-31-26)18-20-10-4-1-5-11-20/h1,4-5,10-11,19,21-24,30H,2-3,6-9,12-18H2,(H,34,35)(H,28,29,31)/t23-,24?/m0/s1. The van der Waals surface area contributed by atoms with Gasteiger partial charge in [-0.05, 0) is 43.6 Å². The van der Waals surface area contributed by atoms with E-state index in [-0.39, 0.29) is 24.0 Å². The molecule has 2 atom stereocenters. The van der Waals surface area contributed by atoms with Gasteiger partial charge in [0, 0.05) is 24.9 Å². The Morgan fingerprint density at radius 2 is 1.71 bits per heavy atom. The van der Waals surface area contributed by atoms with Gasteiger partial charge in [0.2, 0.25) is 5.91 Å². The largest absolute Gasteiger partial charge is 0.465 e. The second-order valence-electron chi connectivity index (χ2n) is 10.2. The van der Waals surface area contributed by atoms with Crippen LogP contribution in [0.4, 0.5) is 4.79 Å². The molecule has 3 N–H and O–H groups in total. The molecule has 0 radical (unpaired) electrons. The smallest absolute Gasteiger partial charge is 0.404 e. The van der Waals surface area contributed by atoms with Crippen LogP contribution in [0.15, 0.2) is 36.7 Å². The molecule has 0 bridgehead atoms. The second-order valence-corrected chi connectivity index (χ2v) is 10.2. The maximum absolute atomic E-state index is 13.9. The molecule has 2 amide bonds. The molecule has 0 aliphatic heterocycles. The predicted molar refractivity (Wildman–Crippen MR) is 134 cm³/mol. The third-order valence-electron chi connectivity index (χ3n) is 7.81. The average Bonchev–Trinajstić information content (AvgIpc) is 3.43. The summed E-state index contributed by atoms with van der Waals surface area (Å²) in [7, 11) is 0. The predicted octanol–water partition coefficient (Wildman–Crippen LogP) is 5.25. The minimum absolute atomic E-state index is 0.0854. The molecule has 4 rings (SSSR count). The number of hydrogen-bond donors (Lipinski definition) is 3. The molecule has 1 aromatic carbocycles. The van der Waals surface area contributed by atoms with Crippen LogP contribution in [-0.2, 0) is 11.2 Å². The van der Waals surface area contributed by atoms with Crippen LogP contribution >= 0.6 is 0 Å². The number of rotatable bonds is 10. The fraction of sp³-hybridized carbons (Fsp3) is 0.630. The number of aromatic nitrogens is 3. The number of nitrogens with one attached hydrogen (secondary N) is 2. The van der Waals surface area contributed by atoms with E-state index in [1.807, 2.05) is 18.2 Å². The molecule has 8 heteroatoms. The first-order valence-corrected chi connectivity index (χ1v) is 13.3. The molecule has 2 fully saturated rings. The van der Waals surface area contributed by atoms with Gasteiger partial charge in [-0.25, -0.2) is 9.78 Å². The number of aromatic amines is 1. The Morgan fingerprint density at radius 3 is 2.34 bits per heavy atom. The molecular weight excluding hydrogens is 442 g/mol. The Labute approximate surface area is 207 Å². The highest BCUT2D eigenvalue weighted by molar-refractivity contribution is 5.77. The van der Waals surface area contributed by atoms with Crippen LogP contribution in [0.1, 0.15) is 94.5 Å². The molecule has 8 nitrogen and oxygen atoms in total. The third-order valence-corrected chi connectivity index (χ3v) is 7.81. The fourth-order valence-electron chi connectivity index (χ4n) is 6.06. The van der Waals surface area contributed by atoms with Gasteiger partial charge in [-0.1, -0.05) is 68.9 Å². The van der Waals surface area contributed by atoms with Crippen LogP contribution < -0.4 is 5.32 Å². The van der Waals surface area contributed by atoms with Gasteiger partial charge >= 0.3 is 6.09 Å². The minimum Gasteiger partial charge on any atom is -0.465 e. The maximum Gasteiger partial charge on any atom is 0.404 e. The van der Waals surface area contributed by atoms with Gasteiger partial charge in [-0.3, -0.25) is 9.89 Å². The Balaban J connectivity index is 1.55. The number of H-pyrrole nitrogens is 1. The molecule has 2 saturated carbocycles. The zero-order chi connectivity index (χ0) is 24.5. The highest BCUT2D eigenvalue weighted by atomic mass is 16.4. The van der Waals surface area contributed by atoms with Crippen molar-refractivity contribution in [2.24, 2.45) is 5.92 Å². The number of hydrogen-bond acceptors (Lipinski definition) is 4. The molecule has 2 aromatic rings. The summed E-state index contributed by atoms with van der Waals surface area (Å²) >= 11 is 0. The van der Waals surface area contributed by atoms with Crippen molar-refractivity contribution in [3.05, 3.63) is 48.0 Å². The summed E-state index contributed by atoms with van der Waals surface area (Å²) < 4.78 is 0. The Morgan fingerprint density at radius 1 is 1.03 bits per heavy atom. The molecular formula is C27H39N5O3. The number of carbonyl (C=O) groups excluding carboxylic acids is 1. The van der Waals surface area contributed by atoms with E-state index >= 15 is 0 Å². The molecule has 2 aliphatic rings. The van der Waals surface area contributed by atoms with Crippen LogP contribution in [0.2, 0.25) is 0 Å². The van der Waals surface area contributed by atoms with Crippen molar-refractivity contribution in [2.45, 2.75) is 102 Å². The van der Waals surface area contributed by atoms with Crippen molar-refractivity contribution in [3.8, 4) is 0 Å². The fourth-order valence-corrected chi connectivity index (χ4v) is 6.06. The zero-order valence-electron chi connectivity index (χ0n) is 20.6. The van der Waals surface area contributed by atoms with Crippen molar-refractivity contribution in [2.75, 3.05) is 0 Å². The van der Waals surface area contributed by atoms with E-state index in [0.29, 0.717) is 31.0 Å². The molecule has 1 heterocycles. The Kier molecular flexibility index (Phi) is 9.15. The molecule has 0 spiro atoms. The maximum atomic E-state index is 13.9. The highest BCUT2D eigenvalue weighted by Crippen LogP contribution is 2.33. The van der Waals surface area contributed by atoms with E-state index in [1.165, 1.54) is 19.2 Å². The number of nitrogens with zero attached hydrogens (tertiary/aromatic N) is 3. The van der Waals surface area contributed by atoms with Crippen LogP contribution in [0.3, 0.4) is 0 Å². The Hall–Kier alpha value is -2.90.